The van der Waals surface area contributed by atoms with Crippen LogP contribution in [0, 0.1) is 0 Å². The van der Waals surface area contributed by atoms with Crippen LogP contribution in [-0.4, -0.2) is 77.3 Å². The van der Waals surface area contributed by atoms with Gasteiger partial charge in [0.05, 0.1) is 25.1 Å². The largest absolute Gasteiger partial charge is 0.414 e. The third-order valence-electron chi connectivity index (χ3n) is 9.21. The highest BCUT2D eigenvalue weighted by molar-refractivity contribution is 6.74. The van der Waals surface area contributed by atoms with Gasteiger partial charge in [-0.1, -0.05) is 41.5 Å². The topological polar surface area (TPSA) is 156 Å². The lowest BCUT2D eigenvalue weighted by molar-refractivity contribution is -0.166. The van der Waals surface area contributed by atoms with Crippen LogP contribution < -0.4 is 11.3 Å². The van der Waals surface area contributed by atoms with Gasteiger partial charge in [0.25, 0.3) is 5.56 Å². The van der Waals surface area contributed by atoms with Crippen LogP contribution in [0.2, 0.25) is 36.3 Å². The van der Waals surface area contributed by atoms with E-state index in [4.69, 9.17) is 24.1 Å². The van der Waals surface area contributed by atoms with Crippen molar-refractivity contribution < 1.29 is 28.5 Å². The van der Waals surface area contributed by atoms with Gasteiger partial charge in [-0.2, -0.15) is 4.98 Å². The molecule has 226 valence electrons. The van der Waals surface area contributed by atoms with Crippen LogP contribution in [0.25, 0.3) is 11.2 Å². The molecule has 3 unspecified atom stereocenters. The number of nitrogens with two attached hydrogens (primary N) is 1. The van der Waals surface area contributed by atoms with Gasteiger partial charge in [0.1, 0.15) is 12.3 Å². The Hall–Kier alpha value is -1.66. The Kier molecular flexibility index (Phi) is 8.26. The fourth-order valence-electron chi connectivity index (χ4n) is 4.60. The van der Waals surface area contributed by atoms with Crippen molar-refractivity contribution in [2.24, 2.45) is 0 Å². The van der Waals surface area contributed by atoms with Gasteiger partial charge in [-0.05, 0) is 36.3 Å². The SMILES string of the molecule is CC(C)(C)[Si](C)(C)OC[C@H]1O[C@@H](n2cnc3c(=O)n(C4CC(O)OC4O)c(N)nc32)C[C@@H]1O[Si](C)(C)C(C)(C)C. The molecule has 0 aromatic carbocycles. The molecule has 2 aliphatic heterocycles. The minimum absolute atomic E-state index is 0.00722. The summed E-state index contributed by atoms with van der Waals surface area (Å²) in [6.07, 6.45) is -1.52. The molecule has 2 fully saturated rings. The first kappa shape index (κ1) is 31.3. The molecule has 40 heavy (non-hydrogen) atoms. The first-order valence-corrected chi connectivity index (χ1v) is 19.8. The van der Waals surface area contributed by atoms with E-state index in [1.54, 1.807) is 4.57 Å². The van der Waals surface area contributed by atoms with Crippen molar-refractivity contribution >= 4 is 33.7 Å². The Bertz CT molecular complexity index is 1280. The van der Waals surface area contributed by atoms with Crippen LogP contribution >= 0.6 is 0 Å². The van der Waals surface area contributed by atoms with Crippen LogP contribution in [-0.2, 0) is 18.3 Å². The molecule has 0 saturated carbocycles. The Morgan fingerprint density at radius 3 is 2.23 bits per heavy atom. The summed E-state index contributed by atoms with van der Waals surface area (Å²) in [6.45, 7) is 22.5. The second kappa shape index (κ2) is 10.6. The molecule has 2 aromatic rings. The number of imidazole rings is 1. The minimum Gasteiger partial charge on any atom is -0.414 e. The van der Waals surface area contributed by atoms with Crippen LogP contribution in [0.5, 0.6) is 0 Å². The molecule has 4 N–H and O–H groups in total. The zero-order chi connectivity index (χ0) is 30.0. The lowest BCUT2D eigenvalue weighted by Gasteiger charge is -2.40. The third-order valence-corrected chi connectivity index (χ3v) is 18.2. The number of rotatable bonds is 7. The Morgan fingerprint density at radius 2 is 1.68 bits per heavy atom. The zero-order valence-corrected chi connectivity index (χ0v) is 27.5. The summed E-state index contributed by atoms with van der Waals surface area (Å²) >= 11 is 0. The smallest absolute Gasteiger partial charge is 0.283 e. The van der Waals surface area contributed by atoms with E-state index in [-0.39, 0.29) is 45.8 Å². The molecule has 0 spiro atoms. The average Bonchev–Trinajstić information content (AvgIpc) is 3.47. The van der Waals surface area contributed by atoms with Crippen molar-refractivity contribution in [3.8, 4) is 0 Å². The first-order valence-electron chi connectivity index (χ1n) is 14.0. The number of hydrogen-bond donors (Lipinski definition) is 3. The average molecular weight is 598 g/mol. The number of ether oxygens (including phenoxy) is 2. The van der Waals surface area contributed by atoms with E-state index in [1.165, 1.54) is 6.33 Å². The van der Waals surface area contributed by atoms with Crippen LogP contribution in [0.3, 0.4) is 0 Å². The van der Waals surface area contributed by atoms with Crippen molar-refractivity contribution in [1.29, 1.82) is 0 Å². The van der Waals surface area contributed by atoms with Gasteiger partial charge >= 0.3 is 0 Å². The quantitative estimate of drug-likeness (QED) is 0.404. The molecule has 14 heteroatoms. The molecule has 4 heterocycles. The molecule has 4 rings (SSSR count). The molecular weight excluding hydrogens is 550 g/mol. The standard InChI is InChI=1S/C26H47N5O7Si2/c1-25(2,3)39(7,8)35-13-17-16(38-40(9,10)26(4,5)6)12-18(36-17)30-14-28-20-21(30)29-24(27)31(22(20)33)15-11-19(32)37-23(15)34/h14-19,23,32,34H,11-13H2,1-10H3,(H2,27,29)/t15?,16-,17+,18+,19?,23?/m0/s1. The van der Waals surface area contributed by atoms with Gasteiger partial charge in [0.2, 0.25) is 5.95 Å². The predicted molar refractivity (Wildman–Crippen MR) is 157 cm³/mol. The Morgan fingerprint density at radius 1 is 1.05 bits per heavy atom. The van der Waals surface area contributed by atoms with Gasteiger partial charge in [0.15, 0.2) is 40.4 Å². The van der Waals surface area contributed by atoms with E-state index in [0.717, 1.165) is 4.57 Å². The molecular formula is C26H47N5O7Si2. The number of nitrogen functional groups attached to an aromatic ring is 1. The summed E-state index contributed by atoms with van der Waals surface area (Å²) in [7, 11) is -4.18. The number of aliphatic hydroxyl groups is 2. The second-order valence-electron chi connectivity index (χ2n) is 14.1. The maximum Gasteiger partial charge on any atom is 0.283 e. The maximum atomic E-state index is 13.4. The van der Waals surface area contributed by atoms with Gasteiger partial charge in [-0.25, -0.2) is 4.98 Å². The van der Waals surface area contributed by atoms with E-state index < -0.39 is 47.0 Å². The number of nitrogens with zero attached hydrogens (tertiary/aromatic N) is 4. The highest BCUT2D eigenvalue weighted by atomic mass is 28.4. The van der Waals surface area contributed by atoms with E-state index in [2.05, 4.69) is 77.7 Å². The molecule has 0 amide bonds. The van der Waals surface area contributed by atoms with Crippen molar-refractivity contribution in [3.63, 3.8) is 0 Å². The zero-order valence-electron chi connectivity index (χ0n) is 25.5. The van der Waals surface area contributed by atoms with Crippen molar-refractivity contribution in [1.82, 2.24) is 19.1 Å². The molecule has 2 saturated heterocycles. The van der Waals surface area contributed by atoms with Gasteiger partial charge in [-0.15, -0.1) is 0 Å². The van der Waals surface area contributed by atoms with Crippen molar-refractivity contribution in [2.75, 3.05) is 12.3 Å². The van der Waals surface area contributed by atoms with Gasteiger partial charge in [0, 0.05) is 12.8 Å². The second-order valence-corrected chi connectivity index (χ2v) is 23.7. The number of hydrogen-bond acceptors (Lipinski definition) is 10. The van der Waals surface area contributed by atoms with Crippen LogP contribution in [0.1, 0.15) is 66.7 Å². The van der Waals surface area contributed by atoms with Gasteiger partial charge in [-0.3, -0.25) is 13.9 Å². The number of fused-ring (bicyclic) bond motifs is 1. The van der Waals surface area contributed by atoms with Gasteiger partial charge < -0.3 is 34.3 Å². The van der Waals surface area contributed by atoms with E-state index >= 15 is 0 Å². The summed E-state index contributed by atoms with van der Waals surface area (Å²) in [5.41, 5.74) is 6.07. The predicted octanol–water partition coefficient (Wildman–Crippen LogP) is 3.47. The minimum atomic E-state index is -2.14. The molecule has 12 nitrogen and oxygen atoms in total. The van der Waals surface area contributed by atoms with Crippen molar-refractivity contribution in [2.45, 2.75) is 128 Å². The summed E-state index contributed by atoms with van der Waals surface area (Å²) < 4.78 is 27.9. The summed E-state index contributed by atoms with van der Waals surface area (Å²) in [4.78, 5) is 22.2. The van der Waals surface area contributed by atoms with Crippen LogP contribution in [0.4, 0.5) is 5.95 Å². The summed E-state index contributed by atoms with van der Waals surface area (Å²) in [5, 5.41) is 20.0. The molecule has 2 aliphatic rings. The fraction of sp³-hybridized carbons (Fsp3) is 0.808. The molecule has 0 aliphatic carbocycles. The normalized spacial score (nSPS) is 28.6. The fourth-order valence-corrected chi connectivity index (χ4v) is 6.97. The van der Waals surface area contributed by atoms with E-state index in [9.17, 15) is 15.0 Å². The monoisotopic (exact) mass is 597 g/mol. The summed E-state index contributed by atoms with van der Waals surface area (Å²) in [5.74, 6) is -0.106. The lowest BCUT2D eigenvalue weighted by Crippen LogP contribution is -2.48. The third kappa shape index (κ3) is 5.82. The van der Waals surface area contributed by atoms with E-state index in [1.807, 2.05) is 0 Å². The highest BCUT2D eigenvalue weighted by Crippen LogP contribution is 2.43. The Labute approximate surface area is 238 Å². The molecule has 6 atom stereocenters. The first-order chi connectivity index (χ1) is 18.2. The number of aliphatic hydroxyl groups excluding tert-OH is 2. The molecule has 2 aromatic heterocycles. The number of aromatic nitrogens is 4. The number of anilines is 1. The van der Waals surface area contributed by atoms with E-state index in [0.29, 0.717) is 13.0 Å². The Balaban J connectivity index is 1.66. The molecule has 0 bridgehead atoms. The highest BCUT2D eigenvalue weighted by Gasteiger charge is 2.47. The maximum absolute atomic E-state index is 13.4. The van der Waals surface area contributed by atoms with Crippen molar-refractivity contribution in [3.05, 3.63) is 16.7 Å². The summed E-state index contributed by atoms with van der Waals surface area (Å²) in [6, 6.07) is -0.869. The van der Waals surface area contributed by atoms with Crippen LogP contribution in [0.15, 0.2) is 11.1 Å². The lowest BCUT2D eigenvalue weighted by atomic mass is 10.2. The molecule has 0 radical (unpaired) electrons.